The summed E-state index contributed by atoms with van der Waals surface area (Å²) in [7, 11) is 1.91. The molecule has 3 aromatic rings. The van der Waals surface area contributed by atoms with Gasteiger partial charge in [-0.2, -0.15) is 5.10 Å². The molecule has 1 fully saturated rings. The molecule has 1 aliphatic heterocycles. The predicted octanol–water partition coefficient (Wildman–Crippen LogP) is 2.35. The lowest BCUT2D eigenvalue weighted by Crippen LogP contribution is -2.37. The Hall–Kier alpha value is -1.97. The first-order valence-electron chi connectivity index (χ1n) is 9.15. The van der Waals surface area contributed by atoms with Crippen molar-refractivity contribution in [1.29, 1.82) is 0 Å². The van der Waals surface area contributed by atoms with Crippen LogP contribution in [0.4, 0.5) is 0 Å². The van der Waals surface area contributed by atoms with Gasteiger partial charge < -0.3 is 9.15 Å². The highest BCUT2D eigenvalue weighted by Crippen LogP contribution is 2.21. The summed E-state index contributed by atoms with van der Waals surface area (Å²) < 4.78 is 15.7. The van der Waals surface area contributed by atoms with Crippen molar-refractivity contribution < 1.29 is 9.15 Å². The predicted molar refractivity (Wildman–Crippen MR) is 103 cm³/mol. The van der Waals surface area contributed by atoms with E-state index in [1.807, 2.05) is 30.1 Å². The molecule has 0 saturated carbocycles. The second-order valence-electron chi connectivity index (χ2n) is 6.63. The molecule has 8 nitrogen and oxygen atoms in total. The fourth-order valence-electron chi connectivity index (χ4n) is 3.24. The van der Waals surface area contributed by atoms with E-state index in [-0.39, 0.29) is 0 Å². The maximum atomic E-state index is 5.48. The molecule has 0 spiro atoms. The van der Waals surface area contributed by atoms with Crippen LogP contribution >= 0.6 is 15.9 Å². The number of aryl methyl sites for hydroxylation is 2. The first kappa shape index (κ1) is 18.4. The molecule has 9 heteroatoms. The van der Waals surface area contributed by atoms with Crippen LogP contribution in [0.2, 0.25) is 0 Å². The largest absolute Gasteiger partial charge is 0.461 e. The van der Waals surface area contributed by atoms with E-state index < -0.39 is 0 Å². The first-order chi connectivity index (χ1) is 13.2. The molecule has 4 heterocycles. The molecule has 0 bridgehead atoms. The first-order valence-corrected chi connectivity index (χ1v) is 9.94. The smallest absolute Gasteiger partial charge is 0.217 e. The van der Waals surface area contributed by atoms with E-state index in [4.69, 9.17) is 14.1 Å². The summed E-state index contributed by atoms with van der Waals surface area (Å²) in [5.74, 6) is 2.19. The summed E-state index contributed by atoms with van der Waals surface area (Å²) in [4.78, 5) is 7.15. The van der Waals surface area contributed by atoms with Crippen LogP contribution in [-0.4, -0.2) is 62.3 Å². The lowest BCUT2D eigenvalue weighted by Gasteiger charge is -2.26. The van der Waals surface area contributed by atoms with Gasteiger partial charge in [-0.1, -0.05) is 0 Å². The van der Waals surface area contributed by atoms with Gasteiger partial charge in [0.1, 0.15) is 5.82 Å². The standard InChI is InChI=1S/C18H23BrN6O2/c1-23-13-14(19)15(21-23)12-17-20-18(16-4-2-9-27-16)22-25(17)6-3-5-24-7-10-26-11-8-24/h2,4,9,13H,3,5-8,10-12H2,1H3. The third kappa shape index (κ3) is 4.48. The third-order valence-corrected chi connectivity index (χ3v) is 5.28. The molecule has 144 valence electrons. The normalized spacial score (nSPS) is 15.5. The second-order valence-corrected chi connectivity index (χ2v) is 7.49. The zero-order chi connectivity index (χ0) is 18.6. The molecule has 0 N–H and O–H groups in total. The summed E-state index contributed by atoms with van der Waals surface area (Å²) in [6.07, 6.45) is 5.22. The lowest BCUT2D eigenvalue weighted by molar-refractivity contribution is 0.0368. The van der Waals surface area contributed by atoms with E-state index >= 15 is 0 Å². The van der Waals surface area contributed by atoms with Crippen molar-refractivity contribution in [2.75, 3.05) is 32.8 Å². The van der Waals surface area contributed by atoms with E-state index in [0.717, 1.165) is 61.8 Å². The fourth-order valence-corrected chi connectivity index (χ4v) is 3.75. The zero-order valence-corrected chi connectivity index (χ0v) is 16.9. The number of rotatable bonds is 7. The Bertz CT molecular complexity index is 867. The van der Waals surface area contributed by atoms with E-state index in [1.54, 1.807) is 10.9 Å². The van der Waals surface area contributed by atoms with Gasteiger partial charge in [0.05, 0.1) is 36.1 Å². The molecule has 0 aliphatic carbocycles. The maximum absolute atomic E-state index is 5.48. The van der Waals surface area contributed by atoms with Crippen molar-refractivity contribution in [3.63, 3.8) is 0 Å². The molecule has 4 rings (SSSR count). The molecule has 3 aromatic heterocycles. The number of aromatic nitrogens is 5. The van der Waals surface area contributed by atoms with Crippen LogP contribution in [0.1, 0.15) is 17.9 Å². The Morgan fingerprint density at radius 2 is 2.04 bits per heavy atom. The number of hydrogen-bond donors (Lipinski definition) is 0. The third-order valence-electron chi connectivity index (χ3n) is 4.62. The van der Waals surface area contributed by atoms with Crippen LogP contribution in [0, 0.1) is 0 Å². The summed E-state index contributed by atoms with van der Waals surface area (Å²) in [5, 5.41) is 9.20. The minimum Gasteiger partial charge on any atom is -0.461 e. The highest BCUT2D eigenvalue weighted by atomic mass is 79.9. The Morgan fingerprint density at radius 1 is 1.19 bits per heavy atom. The summed E-state index contributed by atoms with van der Waals surface area (Å²) in [6, 6.07) is 3.73. The van der Waals surface area contributed by atoms with Crippen molar-refractivity contribution in [2.24, 2.45) is 7.05 Å². The molecule has 1 saturated heterocycles. The van der Waals surface area contributed by atoms with Crippen LogP contribution in [0.25, 0.3) is 11.6 Å². The highest BCUT2D eigenvalue weighted by Gasteiger charge is 2.17. The van der Waals surface area contributed by atoms with Gasteiger partial charge in [0, 0.05) is 39.4 Å². The van der Waals surface area contributed by atoms with E-state index in [1.165, 1.54) is 0 Å². The van der Waals surface area contributed by atoms with Crippen molar-refractivity contribution >= 4 is 15.9 Å². The van der Waals surface area contributed by atoms with Gasteiger partial charge in [-0.15, -0.1) is 5.10 Å². The van der Waals surface area contributed by atoms with Crippen LogP contribution in [0.15, 0.2) is 33.5 Å². The van der Waals surface area contributed by atoms with Gasteiger partial charge in [-0.05, 0) is 34.5 Å². The molecule has 0 aromatic carbocycles. The highest BCUT2D eigenvalue weighted by molar-refractivity contribution is 9.10. The van der Waals surface area contributed by atoms with Crippen molar-refractivity contribution in [3.8, 4) is 11.6 Å². The molecule has 0 radical (unpaired) electrons. The maximum Gasteiger partial charge on any atom is 0.217 e. The number of ether oxygens (including phenoxy) is 1. The van der Waals surface area contributed by atoms with Crippen LogP contribution < -0.4 is 0 Å². The van der Waals surface area contributed by atoms with Gasteiger partial charge in [-0.25, -0.2) is 9.67 Å². The van der Waals surface area contributed by atoms with Crippen molar-refractivity contribution in [3.05, 3.63) is 40.6 Å². The fraction of sp³-hybridized carbons (Fsp3) is 0.500. The molecule has 0 amide bonds. The number of furan rings is 1. The van der Waals surface area contributed by atoms with Crippen LogP contribution in [0.3, 0.4) is 0 Å². The topological polar surface area (TPSA) is 74.1 Å². The summed E-state index contributed by atoms with van der Waals surface area (Å²) in [6.45, 7) is 5.50. The second kappa shape index (κ2) is 8.37. The zero-order valence-electron chi connectivity index (χ0n) is 15.3. The molecular weight excluding hydrogens is 412 g/mol. The monoisotopic (exact) mass is 434 g/mol. The van der Waals surface area contributed by atoms with Crippen LogP contribution in [0.5, 0.6) is 0 Å². The molecule has 0 atom stereocenters. The Kier molecular flexibility index (Phi) is 5.70. The Balaban J connectivity index is 1.50. The number of morpholine rings is 1. The minimum absolute atomic E-state index is 0.618. The number of halogens is 1. The Morgan fingerprint density at radius 3 is 2.74 bits per heavy atom. The Labute approximate surface area is 166 Å². The van der Waals surface area contributed by atoms with Gasteiger partial charge in [0.15, 0.2) is 5.76 Å². The van der Waals surface area contributed by atoms with Gasteiger partial charge in [0.2, 0.25) is 5.82 Å². The van der Waals surface area contributed by atoms with E-state index in [0.29, 0.717) is 18.0 Å². The van der Waals surface area contributed by atoms with E-state index in [9.17, 15) is 0 Å². The van der Waals surface area contributed by atoms with Gasteiger partial charge in [0.25, 0.3) is 0 Å². The average Bonchev–Trinajstić information content (AvgIpc) is 3.38. The molecule has 1 aliphatic rings. The van der Waals surface area contributed by atoms with Crippen molar-refractivity contribution in [2.45, 2.75) is 19.4 Å². The van der Waals surface area contributed by atoms with Gasteiger partial charge >= 0.3 is 0 Å². The molecule has 27 heavy (non-hydrogen) atoms. The summed E-state index contributed by atoms with van der Waals surface area (Å²) in [5.41, 5.74) is 0.949. The quantitative estimate of drug-likeness (QED) is 0.567. The van der Waals surface area contributed by atoms with Gasteiger partial charge in [-0.3, -0.25) is 9.58 Å². The van der Waals surface area contributed by atoms with Crippen molar-refractivity contribution in [1.82, 2.24) is 29.4 Å². The average molecular weight is 435 g/mol. The summed E-state index contributed by atoms with van der Waals surface area (Å²) >= 11 is 3.57. The minimum atomic E-state index is 0.618. The SMILES string of the molecule is Cn1cc(Br)c(Cc2nc(-c3ccco3)nn2CCCN2CCOCC2)n1. The molecule has 0 unspecified atom stereocenters. The van der Waals surface area contributed by atoms with E-state index in [2.05, 4.69) is 31.0 Å². The molecular formula is C18H23BrN6O2. The number of hydrogen-bond acceptors (Lipinski definition) is 6. The van der Waals surface area contributed by atoms with Crippen LogP contribution in [-0.2, 0) is 24.8 Å². The lowest BCUT2D eigenvalue weighted by atomic mass is 10.3. The number of nitrogens with zero attached hydrogens (tertiary/aromatic N) is 6.